The standard InChI is InChI=1S/C18H14F3N5/c1-18(20,21)14-4-12(2-3-15(14)19)13-5-17-16(22-8-13)9-25-26(17)10-11-6-23-24-7-11/h2-9H,10H2,1H3,(H,23,24). The number of nitrogens with one attached hydrogen (secondary N) is 1. The van der Waals surface area contributed by atoms with E-state index in [1.807, 2.05) is 0 Å². The molecule has 4 aromatic rings. The van der Waals surface area contributed by atoms with E-state index in [0.29, 0.717) is 30.1 Å². The van der Waals surface area contributed by atoms with Gasteiger partial charge < -0.3 is 0 Å². The molecule has 0 spiro atoms. The van der Waals surface area contributed by atoms with Crippen LogP contribution in [-0.2, 0) is 12.5 Å². The van der Waals surface area contributed by atoms with Gasteiger partial charge in [0.05, 0.1) is 30.0 Å². The first-order valence-electron chi connectivity index (χ1n) is 7.89. The van der Waals surface area contributed by atoms with Gasteiger partial charge in [-0.25, -0.2) is 13.2 Å². The van der Waals surface area contributed by atoms with Crippen LogP contribution in [0.2, 0.25) is 0 Å². The fourth-order valence-corrected chi connectivity index (χ4v) is 2.82. The Hall–Kier alpha value is -3.16. The summed E-state index contributed by atoms with van der Waals surface area (Å²) < 4.78 is 42.7. The average molecular weight is 357 g/mol. The van der Waals surface area contributed by atoms with Gasteiger partial charge in [0.15, 0.2) is 0 Å². The number of halogens is 3. The molecule has 132 valence electrons. The third kappa shape index (κ3) is 2.94. The highest BCUT2D eigenvalue weighted by Gasteiger charge is 2.28. The molecule has 0 aliphatic carbocycles. The Morgan fingerprint density at radius 2 is 1.96 bits per heavy atom. The summed E-state index contributed by atoms with van der Waals surface area (Å²) in [5, 5.41) is 10.9. The van der Waals surface area contributed by atoms with Gasteiger partial charge in [-0.3, -0.25) is 14.8 Å². The second-order valence-electron chi connectivity index (χ2n) is 6.12. The molecule has 3 aromatic heterocycles. The number of aromatic nitrogens is 5. The van der Waals surface area contributed by atoms with Crippen molar-refractivity contribution in [3.05, 3.63) is 66.0 Å². The van der Waals surface area contributed by atoms with Gasteiger partial charge in [-0.2, -0.15) is 10.2 Å². The van der Waals surface area contributed by atoms with Crippen LogP contribution in [0.15, 0.2) is 49.1 Å². The van der Waals surface area contributed by atoms with Gasteiger partial charge in [-0.15, -0.1) is 0 Å². The molecule has 0 saturated heterocycles. The molecule has 0 aliphatic heterocycles. The maximum atomic E-state index is 13.7. The van der Waals surface area contributed by atoms with Gasteiger partial charge in [-0.05, 0) is 23.8 Å². The lowest BCUT2D eigenvalue weighted by molar-refractivity contribution is 0.0138. The summed E-state index contributed by atoms with van der Waals surface area (Å²) in [6, 6.07) is 5.48. The molecule has 3 heterocycles. The molecule has 1 N–H and O–H groups in total. The summed E-state index contributed by atoms with van der Waals surface area (Å²) in [5.41, 5.74) is 2.81. The number of benzene rings is 1. The molecule has 0 radical (unpaired) electrons. The largest absolute Gasteiger partial charge is 0.285 e. The lowest BCUT2D eigenvalue weighted by Gasteiger charge is -2.13. The second-order valence-corrected chi connectivity index (χ2v) is 6.12. The molecular weight excluding hydrogens is 343 g/mol. The van der Waals surface area contributed by atoms with E-state index < -0.39 is 17.3 Å². The number of aromatic amines is 1. The van der Waals surface area contributed by atoms with Crippen molar-refractivity contribution in [2.45, 2.75) is 19.4 Å². The van der Waals surface area contributed by atoms with Crippen molar-refractivity contribution in [3.8, 4) is 11.1 Å². The Labute approximate surface area is 146 Å². The molecule has 5 nitrogen and oxygen atoms in total. The summed E-state index contributed by atoms with van der Waals surface area (Å²) in [6.07, 6.45) is 6.66. The zero-order valence-corrected chi connectivity index (χ0v) is 13.7. The number of hydrogen-bond acceptors (Lipinski definition) is 3. The maximum Gasteiger partial charge on any atom is 0.273 e. The molecule has 0 aliphatic rings. The highest BCUT2D eigenvalue weighted by molar-refractivity contribution is 5.80. The zero-order chi connectivity index (χ0) is 18.3. The topological polar surface area (TPSA) is 59.4 Å². The van der Waals surface area contributed by atoms with E-state index >= 15 is 0 Å². The number of fused-ring (bicyclic) bond motifs is 1. The average Bonchev–Trinajstić information content (AvgIpc) is 3.24. The Morgan fingerprint density at radius 1 is 1.12 bits per heavy atom. The fraction of sp³-hybridized carbons (Fsp3) is 0.167. The van der Waals surface area contributed by atoms with Crippen LogP contribution in [0.3, 0.4) is 0 Å². The molecule has 0 unspecified atom stereocenters. The summed E-state index contributed by atoms with van der Waals surface area (Å²) in [4.78, 5) is 4.33. The second kappa shape index (κ2) is 5.98. The summed E-state index contributed by atoms with van der Waals surface area (Å²) in [6.45, 7) is 1.17. The smallest absolute Gasteiger partial charge is 0.273 e. The predicted molar refractivity (Wildman–Crippen MR) is 90.2 cm³/mol. The Kier molecular flexibility index (Phi) is 3.75. The molecule has 0 atom stereocenters. The molecule has 1 aromatic carbocycles. The minimum atomic E-state index is -3.26. The van der Waals surface area contributed by atoms with Crippen molar-refractivity contribution in [3.63, 3.8) is 0 Å². The van der Waals surface area contributed by atoms with Crippen molar-refractivity contribution in [2.24, 2.45) is 0 Å². The molecule has 0 amide bonds. The van der Waals surface area contributed by atoms with Gasteiger partial charge in [-0.1, -0.05) is 6.07 Å². The maximum absolute atomic E-state index is 13.7. The van der Waals surface area contributed by atoms with Crippen LogP contribution >= 0.6 is 0 Å². The Balaban J connectivity index is 1.78. The van der Waals surface area contributed by atoms with Crippen LogP contribution in [0.4, 0.5) is 13.2 Å². The van der Waals surface area contributed by atoms with Crippen molar-refractivity contribution < 1.29 is 13.2 Å². The van der Waals surface area contributed by atoms with E-state index in [0.717, 1.165) is 23.2 Å². The minimum absolute atomic E-state index is 0.466. The van der Waals surface area contributed by atoms with Crippen LogP contribution < -0.4 is 0 Å². The third-order valence-electron chi connectivity index (χ3n) is 4.15. The first-order valence-corrected chi connectivity index (χ1v) is 7.89. The van der Waals surface area contributed by atoms with Crippen LogP contribution in [0.1, 0.15) is 18.1 Å². The molecule has 0 saturated carbocycles. The molecule has 8 heteroatoms. The van der Waals surface area contributed by atoms with Crippen LogP contribution in [-0.4, -0.2) is 25.0 Å². The quantitative estimate of drug-likeness (QED) is 0.598. The third-order valence-corrected chi connectivity index (χ3v) is 4.15. The van der Waals surface area contributed by atoms with Gasteiger partial charge in [0.2, 0.25) is 0 Å². The van der Waals surface area contributed by atoms with E-state index in [1.165, 1.54) is 6.07 Å². The molecular formula is C18H14F3N5. The van der Waals surface area contributed by atoms with E-state index in [9.17, 15) is 13.2 Å². The monoisotopic (exact) mass is 357 g/mol. The van der Waals surface area contributed by atoms with Crippen molar-refractivity contribution in [1.82, 2.24) is 25.0 Å². The number of nitrogens with zero attached hydrogens (tertiary/aromatic N) is 4. The molecule has 0 fully saturated rings. The van der Waals surface area contributed by atoms with Gasteiger partial charge in [0, 0.05) is 30.4 Å². The van der Waals surface area contributed by atoms with E-state index in [2.05, 4.69) is 20.3 Å². The van der Waals surface area contributed by atoms with E-state index in [-0.39, 0.29) is 0 Å². The number of hydrogen-bond donors (Lipinski definition) is 1. The fourth-order valence-electron chi connectivity index (χ4n) is 2.82. The predicted octanol–water partition coefficient (Wildman–Crippen LogP) is 4.12. The van der Waals surface area contributed by atoms with Crippen LogP contribution in [0, 0.1) is 5.82 Å². The number of H-pyrrole nitrogens is 1. The zero-order valence-electron chi connectivity index (χ0n) is 13.7. The highest BCUT2D eigenvalue weighted by atomic mass is 19.3. The van der Waals surface area contributed by atoms with E-state index in [4.69, 9.17) is 0 Å². The molecule has 26 heavy (non-hydrogen) atoms. The summed E-state index contributed by atoms with van der Waals surface area (Å²) in [5.74, 6) is -4.19. The number of alkyl halides is 2. The Morgan fingerprint density at radius 3 is 2.69 bits per heavy atom. The van der Waals surface area contributed by atoms with Gasteiger partial charge in [0.1, 0.15) is 11.3 Å². The molecule has 0 bridgehead atoms. The van der Waals surface area contributed by atoms with Crippen LogP contribution in [0.25, 0.3) is 22.2 Å². The van der Waals surface area contributed by atoms with Crippen molar-refractivity contribution in [1.29, 1.82) is 0 Å². The van der Waals surface area contributed by atoms with Crippen molar-refractivity contribution >= 4 is 11.0 Å². The number of rotatable bonds is 4. The number of pyridine rings is 1. The van der Waals surface area contributed by atoms with Gasteiger partial charge in [0.25, 0.3) is 5.92 Å². The van der Waals surface area contributed by atoms with Gasteiger partial charge >= 0.3 is 0 Å². The highest BCUT2D eigenvalue weighted by Crippen LogP contribution is 2.33. The lowest BCUT2D eigenvalue weighted by Crippen LogP contribution is -2.09. The minimum Gasteiger partial charge on any atom is -0.285 e. The normalized spacial score (nSPS) is 12.0. The lowest BCUT2D eigenvalue weighted by atomic mass is 10.0. The summed E-state index contributed by atoms with van der Waals surface area (Å²) in [7, 11) is 0. The Bertz CT molecular complexity index is 1060. The SMILES string of the molecule is CC(F)(F)c1cc(-c2cnc3cnn(Cc4cn[nH]c4)c3c2)ccc1F. The van der Waals surface area contributed by atoms with Crippen molar-refractivity contribution in [2.75, 3.05) is 0 Å². The molecule has 4 rings (SSSR count). The first-order chi connectivity index (χ1) is 12.4. The van der Waals surface area contributed by atoms with Crippen LogP contribution in [0.5, 0.6) is 0 Å². The summed E-state index contributed by atoms with van der Waals surface area (Å²) >= 11 is 0. The van der Waals surface area contributed by atoms with E-state index in [1.54, 1.807) is 35.5 Å². The first kappa shape index (κ1) is 16.3.